The van der Waals surface area contributed by atoms with Crippen LogP contribution < -0.4 is 10.6 Å². The molecule has 0 aliphatic carbocycles. The molecule has 1 amide bonds. The van der Waals surface area contributed by atoms with Gasteiger partial charge in [0.05, 0.1) is 6.04 Å². The number of nitrogens with one attached hydrogen (secondary N) is 2. The van der Waals surface area contributed by atoms with Gasteiger partial charge in [0.25, 0.3) is 0 Å². The molecule has 0 bridgehead atoms. The molecule has 3 heteroatoms. The Kier molecular flexibility index (Phi) is 6.24. The molecule has 1 aliphatic heterocycles. The summed E-state index contributed by atoms with van der Waals surface area (Å²) in [6, 6.07) is 8.87. The second-order valence-corrected chi connectivity index (χ2v) is 6.29. The van der Waals surface area contributed by atoms with Crippen LogP contribution in [0.4, 0.5) is 0 Å². The Bertz CT molecular complexity index is 433. The van der Waals surface area contributed by atoms with Crippen LogP contribution in [0.3, 0.4) is 0 Å². The van der Waals surface area contributed by atoms with Crippen molar-refractivity contribution in [3.63, 3.8) is 0 Å². The van der Waals surface area contributed by atoms with Crippen molar-refractivity contribution in [2.24, 2.45) is 0 Å². The highest BCUT2D eigenvalue weighted by Crippen LogP contribution is 2.15. The van der Waals surface area contributed by atoms with E-state index in [4.69, 9.17) is 0 Å². The molecule has 1 saturated heterocycles. The van der Waals surface area contributed by atoms with E-state index in [2.05, 4.69) is 48.7 Å². The summed E-state index contributed by atoms with van der Waals surface area (Å²) in [4.78, 5) is 12.0. The molecule has 2 rings (SSSR count). The Morgan fingerprint density at radius 2 is 2.05 bits per heavy atom. The molecule has 0 spiro atoms. The van der Waals surface area contributed by atoms with E-state index in [0.717, 1.165) is 38.8 Å². The Morgan fingerprint density at radius 1 is 1.29 bits per heavy atom. The summed E-state index contributed by atoms with van der Waals surface area (Å²) in [5.41, 5.74) is 2.74. The number of carbonyl (C=O) groups is 1. The summed E-state index contributed by atoms with van der Waals surface area (Å²) in [6.07, 6.45) is 5.35. The van der Waals surface area contributed by atoms with Crippen LogP contribution in [-0.4, -0.2) is 25.0 Å². The highest BCUT2D eigenvalue weighted by Gasteiger charge is 2.19. The summed E-state index contributed by atoms with van der Waals surface area (Å²) in [7, 11) is 0. The minimum absolute atomic E-state index is 0.0316. The third-order valence-corrected chi connectivity index (χ3v) is 4.21. The van der Waals surface area contributed by atoms with Gasteiger partial charge in [-0.2, -0.15) is 0 Å². The third-order valence-electron chi connectivity index (χ3n) is 4.21. The first-order valence-corrected chi connectivity index (χ1v) is 8.27. The number of benzene rings is 1. The van der Waals surface area contributed by atoms with Crippen molar-refractivity contribution in [2.45, 2.75) is 57.9 Å². The van der Waals surface area contributed by atoms with Gasteiger partial charge in [0.2, 0.25) is 5.91 Å². The molecule has 0 radical (unpaired) electrons. The van der Waals surface area contributed by atoms with Crippen molar-refractivity contribution in [3.8, 4) is 0 Å². The lowest BCUT2D eigenvalue weighted by Gasteiger charge is -2.22. The van der Waals surface area contributed by atoms with Crippen molar-refractivity contribution in [2.75, 3.05) is 13.1 Å². The third kappa shape index (κ3) is 5.16. The summed E-state index contributed by atoms with van der Waals surface area (Å²) in [6.45, 7) is 6.16. The Labute approximate surface area is 128 Å². The first kappa shape index (κ1) is 16.0. The van der Waals surface area contributed by atoms with E-state index in [9.17, 15) is 4.79 Å². The largest absolute Gasteiger partial charge is 0.355 e. The van der Waals surface area contributed by atoms with Gasteiger partial charge >= 0.3 is 0 Å². The zero-order valence-corrected chi connectivity index (χ0v) is 13.3. The molecule has 1 unspecified atom stereocenters. The van der Waals surface area contributed by atoms with Crippen LogP contribution in [0.1, 0.15) is 56.6 Å². The fourth-order valence-corrected chi connectivity index (χ4v) is 2.77. The molecule has 0 aromatic heterocycles. The Hall–Kier alpha value is -1.35. The van der Waals surface area contributed by atoms with E-state index < -0.39 is 0 Å². The molecule has 1 fully saturated rings. The smallest absolute Gasteiger partial charge is 0.237 e. The molecule has 1 aliphatic rings. The van der Waals surface area contributed by atoms with E-state index in [1.165, 1.54) is 17.5 Å². The fourth-order valence-electron chi connectivity index (χ4n) is 2.77. The molecule has 1 heterocycles. The molecular formula is C18H28N2O. The van der Waals surface area contributed by atoms with Crippen molar-refractivity contribution in [3.05, 3.63) is 35.4 Å². The van der Waals surface area contributed by atoms with Gasteiger partial charge in [0, 0.05) is 6.54 Å². The highest BCUT2D eigenvalue weighted by atomic mass is 16.2. The minimum atomic E-state index is 0.0316. The lowest BCUT2D eigenvalue weighted by atomic mass is 10.0. The Morgan fingerprint density at radius 3 is 2.67 bits per heavy atom. The molecule has 116 valence electrons. The second-order valence-electron chi connectivity index (χ2n) is 6.29. The van der Waals surface area contributed by atoms with E-state index >= 15 is 0 Å². The van der Waals surface area contributed by atoms with Gasteiger partial charge in [0.15, 0.2) is 0 Å². The predicted molar refractivity (Wildman–Crippen MR) is 87.5 cm³/mol. The number of rotatable bonds is 6. The number of amides is 1. The highest BCUT2D eigenvalue weighted by molar-refractivity contribution is 5.81. The zero-order chi connectivity index (χ0) is 15.1. The first-order valence-electron chi connectivity index (χ1n) is 8.27. The lowest BCUT2D eigenvalue weighted by Crippen LogP contribution is -2.46. The van der Waals surface area contributed by atoms with Gasteiger partial charge in [-0.3, -0.25) is 4.79 Å². The van der Waals surface area contributed by atoms with Crippen LogP contribution in [0.5, 0.6) is 0 Å². The van der Waals surface area contributed by atoms with Crippen molar-refractivity contribution >= 4 is 5.91 Å². The van der Waals surface area contributed by atoms with Gasteiger partial charge in [-0.1, -0.05) is 44.5 Å². The standard InChI is InChI=1S/C18H28N2O/c1-14(2)16-10-8-15(9-11-16)6-5-13-20-18(21)17-7-3-4-12-19-17/h8-11,14,17,19H,3-7,12-13H2,1-2H3,(H,20,21). The Balaban J connectivity index is 1.66. The fraction of sp³-hybridized carbons (Fsp3) is 0.611. The van der Waals surface area contributed by atoms with Gasteiger partial charge < -0.3 is 10.6 Å². The normalized spacial score (nSPS) is 18.7. The van der Waals surface area contributed by atoms with Crippen LogP contribution in [0.2, 0.25) is 0 Å². The molecule has 3 nitrogen and oxygen atoms in total. The van der Waals surface area contributed by atoms with E-state index in [1.807, 2.05) is 0 Å². The topological polar surface area (TPSA) is 41.1 Å². The average Bonchev–Trinajstić information content (AvgIpc) is 2.52. The summed E-state index contributed by atoms with van der Waals surface area (Å²) in [5, 5.41) is 6.33. The molecule has 1 aromatic carbocycles. The number of hydrogen-bond acceptors (Lipinski definition) is 2. The molecular weight excluding hydrogens is 260 g/mol. The maximum absolute atomic E-state index is 12.0. The molecule has 2 N–H and O–H groups in total. The monoisotopic (exact) mass is 288 g/mol. The SMILES string of the molecule is CC(C)c1ccc(CCCNC(=O)C2CCCCN2)cc1. The predicted octanol–water partition coefficient (Wildman–Crippen LogP) is 3.00. The van der Waals surface area contributed by atoms with Crippen LogP contribution in [-0.2, 0) is 11.2 Å². The number of hydrogen-bond donors (Lipinski definition) is 2. The summed E-state index contributed by atoms with van der Waals surface area (Å²) in [5.74, 6) is 0.756. The first-order chi connectivity index (χ1) is 10.2. The lowest BCUT2D eigenvalue weighted by molar-refractivity contribution is -0.123. The van der Waals surface area contributed by atoms with Crippen LogP contribution >= 0.6 is 0 Å². The maximum Gasteiger partial charge on any atom is 0.237 e. The number of carbonyl (C=O) groups excluding carboxylic acids is 1. The average molecular weight is 288 g/mol. The molecule has 1 atom stereocenters. The minimum Gasteiger partial charge on any atom is -0.355 e. The number of aryl methyl sites for hydroxylation is 1. The van der Waals surface area contributed by atoms with Gasteiger partial charge in [-0.25, -0.2) is 0 Å². The number of piperidine rings is 1. The van der Waals surface area contributed by atoms with E-state index in [-0.39, 0.29) is 11.9 Å². The van der Waals surface area contributed by atoms with E-state index in [1.54, 1.807) is 0 Å². The maximum atomic E-state index is 12.0. The quantitative estimate of drug-likeness (QED) is 0.790. The molecule has 1 aromatic rings. The molecule has 0 saturated carbocycles. The van der Waals surface area contributed by atoms with Gasteiger partial charge in [0.1, 0.15) is 0 Å². The second kappa shape index (κ2) is 8.18. The van der Waals surface area contributed by atoms with Crippen molar-refractivity contribution in [1.29, 1.82) is 0 Å². The zero-order valence-electron chi connectivity index (χ0n) is 13.3. The molecule has 21 heavy (non-hydrogen) atoms. The van der Waals surface area contributed by atoms with Gasteiger partial charge in [-0.15, -0.1) is 0 Å². The van der Waals surface area contributed by atoms with Crippen LogP contribution in [0.25, 0.3) is 0 Å². The summed E-state index contributed by atoms with van der Waals surface area (Å²) >= 11 is 0. The van der Waals surface area contributed by atoms with Gasteiger partial charge in [-0.05, 0) is 49.3 Å². The van der Waals surface area contributed by atoms with E-state index in [0.29, 0.717) is 5.92 Å². The van der Waals surface area contributed by atoms with Crippen LogP contribution in [0.15, 0.2) is 24.3 Å². The van der Waals surface area contributed by atoms with Crippen molar-refractivity contribution < 1.29 is 4.79 Å². The van der Waals surface area contributed by atoms with Crippen molar-refractivity contribution in [1.82, 2.24) is 10.6 Å². The summed E-state index contributed by atoms with van der Waals surface area (Å²) < 4.78 is 0. The van der Waals surface area contributed by atoms with Crippen LogP contribution in [0, 0.1) is 0 Å².